The normalized spacial score (nSPS) is 19.7. The van der Waals surface area contributed by atoms with Gasteiger partial charge >= 0.3 is 0 Å². The summed E-state index contributed by atoms with van der Waals surface area (Å²) in [5.41, 5.74) is 1.91. The topological polar surface area (TPSA) is 49.4 Å². The van der Waals surface area contributed by atoms with E-state index in [1.54, 1.807) is 4.31 Å². The molecule has 1 unspecified atom stereocenters. The SMILES string of the molecule is CCCS(=O)(=O)N1CCC(NC)c2ccccc21. The van der Waals surface area contributed by atoms with Crippen molar-refractivity contribution in [3.63, 3.8) is 0 Å². The fourth-order valence-electron chi connectivity index (χ4n) is 2.49. The van der Waals surface area contributed by atoms with Crippen molar-refractivity contribution < 1.29 is 8.42 Å². The first kappa shape index (κ1) is 13.4. The Morgan fingerprint density at radius 1 is 1.39 bits per heavy atom. The summed E-state index contributed by atoms with van der Waals surface area (Å²) in [7, 11) is -1.26. The predicted octanol–water partition coefficient (Wildman–Crippen LogP) is 1.90. The maximum atomic E-state index is 12.2. The lowest BCUT2D eigenvalue weighted by atomic mass is 9.98. The Bertz CT molecular complexity index is 513. The summed E-state index contributed by atoms with van der Waals surface area (Å²) in [6, 6.07) is 8.00. The Hall–Kier alpha value is -1.07. The molecule has 1 heterocycles. The van der Waals surface area contributed by atoms with Crippen LogP contribution in [0, 0.1) is 0 Å². The Kier molecular flexibility index (Phi) is 3.92. The molecule has 18 heavy (non-hydrogen) atoms. The van der Waals surface area contributed by atoms with E-state index in [0.717, 1.165) is 17.7 Å². The fraction of sp³-hybridized carbons (Fsp3) is 0.538. The van der Waals surface area contributed by atoms with Crippen LogP contribution in [0.15, 0.2) is 24.3 Å². The molecule has 0 spiro atoms. The summed E-state index contributed by atoms with van der Waals surface area (Å²) < 4.78 is 26.1. The van der Waals surface area contributed by atoms with Crippen LogP contribution in [0.3, 0.4) is 0 Å². The van der Waals surface area contributed by atoms with E-state index in [1.807, 2.05) is 38.2 Å². The third kappa shape index (κ3) is 2.37. The molecular weight excluding hydrogens is 248 g/mol. The van der Waals surface area contributed by atoms with Gasteiger partial charge in [0.25, 0.3) is 0 Å². The predicted molar refractivity (Wildman–Crippen MR) is 74.3 cm³/mol. The number of para-hydroxylation sites is 1. The maximum Gasteiger partial charge on any atom is 0.235 e. The maximum absolute atomic E-state index is 12.2. The highest BCUT2D eigenvalue weighted by Gasteiger charge is 2.30. The number of nitrogens with one attached hydrogen (secondary N) is 1. The standard InChI is InChI=1S/C13H20N2O2S/c1-3-10-18(16,17)15-9-8-12(14-2)11-6-4-5-7-13(11)15/h4-7,12,14H,3,8-10H2,1-2H3. The molecule has 0 radical (unpaired) electrons. The lowest BCUT2D eigenvalue weighted by molar-refractivity contribution is 0.528. The average molecular weight is 268 g/mol. The number of sulfonamides is 1. The van der Waals surface area contributed by atoms with Gasteiger partial charge in [-0.25, -0.2) is 8.42 Å². The van der Waals surface area contributed by atoms with Crippen LogP contribution in [0.1, 0.15) is 31.4 Å². The van der Waals surface area contributed by atoms with Gasteiger partial charge in [0.2, 0.25) is 10.0 Å². The van der Waals surface area contributed by atoms with Crippen LogP contribution in [0.5, 0.6) is 0 Å². The number of fused-ring (bicyclic) bond motifs is 1. The number of rotatable bonds is 4. The van der Waals surface area contributed by atoms with Gasteiger partial charge in [-0.1, -0.05) is 25.1 Å². The molecule has 4 nitrogen and oxygen atoms in total. The van der Waals surface area contributed by atoms with E-state index in [2.05, 4.69) is 5.32 Å². The monoisotopic (exact) mass is 268 g/mol. The lowest BCUT2D eigenvalue weighted by Crippen LogP contribution is -2.40. The molecule has 1 aromatic rings. The van der Waals surface area contributed by atoms with Gasteiger partial charge in [-0.05, 0) is 31.5 Å². The van der Waals surface area contributed by atoms with Gasteiger partial charge in [-0.2, -0.15) is 0 Å². The van der Waals surface area contributed by atoms with E-state index < -0.39 is 10.0 Å². The fourth-order valence-corrected chi connectivity index (χ4v) is 4.07. The van der Waals surface area contributed by atoms with E-state index in [4.69, 9.17) is 0 Å². The minimum absolute atomic E-state index is 0.214. The number of hydrogen-bond acceptors (Lipinski definition) is 3. The molecule has 0 saturated carbocycles. The van der Waals surface area contributed by atoms with Crippen molar-refractivity contribution in [1.29, 1.82) is 0 Å². The van der Waals surface area contributed by atoms with E-state index in [1.165, 1.54) is 0 Å². The third-order valence-corrected chi connectivity index (χ3v) is 5.32. The van der Waals surface area contributed by atoms with Crippen LogP contribution in [0.2, 0.25) is 0 Å². The second kappa shape index (κ2) is 5.28. The molecule has 1 aliphatic heterocycles. The molecule has 0 saturated heterocycles. The Morgan fingerprint density at radius 2 is 2.11 bits per heavy atom. The molecule has 0 aromatic heterocycles. The van der Waals surface area contributed by atoms with E-state index in [9.17, 15) is 8.42 Å². The molecule has 2 rings (SSSR count). The van der Waals surface area contributed by atoms with Crippen LogP contribution < -0.4 is 9.62 Å². The van der Waals surface area contributed by atoms with Crippen molar-refractivity contribution in [2.75, 3.05) is 23.7 Å². The summed E-state index contributed by atoms with van der Waals surface area (Å²) in [6.45, 7) is 2.45. The van der Waals surface area contributed by atoms with Crippen LogP contribution in [0.25, 0.3) is 0 Å². The van der Waals surface area contributed by atoms with Gasteiger partial charge < -0.3 is 5.32 Å². The number of benzene rings is 1. The molecule has 1 N–H and O–H groups in total. The van der Waals surface area contributed by atoms with Crippen molar-refractivity contribution in [1.82, 2.24) is 5.32 Å². The van der Waals surface area contributed by atoms with Crippen molar-refractivity contribution >= 4 is 15.7 Å². The second-order valence-corrected chi connectivity index (χ2v) is 6.59. The van der Waals surface area contributed by atoms with Crippen LogP contribution in [-0.2, 0) is 10.0 Å². The molecule has 5 heteroatoms. The highest BCUT2D eigenvalue weighted by molar-refractivity contribution is 7.92. The van der Waals surface area contributed by atoms with Crippen LogP contribution in [-0.4, -0.2) is 27.8 Å². The molecule has 100 valence electrons. The first-order valence-corrected chi connectivity index (χ1v) is 7.97. The van der Waals surface area contributed by atoms with Gasteiger partial charge in [-0.15, -0.1) is 0 Å². The first-order chi connectivity index (χ1) is 8.60. The summed E-state index contributed by atoms with van der Waals surface area (Å²) in [5.74, 6) is 0.214. The summed E-state index contributed by atoms with van der Waals surface area (Å²) in [6.07, 6.45) is 1.47. The zero-order valence-corrected chi connectivity index (χ0v) is 11.7. The zero-order valence-electron chi connectivity index (χ0n) is 10.9. The number of anilines is 1. The second-order valence-electron chi connectivity index (χ2n) is 4.58. The number of hydrogen-bond donors (Lipinski definition) is 1. The quantitative estimate of drug-likeness (QED) is 0.907. The molecule has 0 aliphatic carbocycles. The van der Waals surface area contributed by atoms with Gasteiger partial charge in [0.15, 0.2) is 0 Å². The van der Waals surface area contributed by atoms with Crippen LogP contribution >= 0.6 is 0 Å². The molecule has 0 fully saturated rings. The Balaban J connectivity index is 2.42. The highest BCUT2D eigenvalue weighted by Crippen LogP contribution is 2.35. The zero-order chi connectivity index (χ0) is 13.2. The molecule has 0 amide bonds. The van der Waals surface area contributed by atoms with Gasteiger partial charge in [0, 0.05) is 12.6 Å². The highest BCUT2D eigenvalue weighted by atomic mass is 32.2. The van der Waals surface area contributed by atoms with E-state index >= 15 is 0 Å². The summed E-state index contributed by atoms with van der Waals surface area (Å²) >= 11 is 0. The minimum Gasteiger partial charge on any atom is -0.313 e. The summed E-state index contributed by atoms with van der Waals surface area (Å²) in [5, 5.41) is 3.24. The largest absolute Gasteiger partial charge is 0.313 e. The van der Waals surface area contributed by atoms with Crippen molar-refractivity contribution in [2.24, 2.45) is 0 Å². The average Bonchev–Trinajstić information content (AvgIpc) is 2.37. The lowest BCUT2D eigenvalue weighted by Gasteiger charge is -2.34. The smallest absolute Gasteiger partial charge is 0.235 e. The van der Waals surface area contributed by atoms with Crippen molar-refractivity contribution in [3.05, 3.63) is 29.8 Å². The van der Waals surface area contributed by atoms with Gasteiger partial charge in [0.05, 0.1) is 11.4 Å². The minimum atomic E-state index is -3.17. The Morgan fingerprint density at radius 3 is 2.78 bits per heavy atom. The molecule has 1 aromatic carbocycles. The summed E-state index contributed by atoms with van der Waals surface area (Å²) in [4.78, 5) is 0. The Labute approximate surface area is 109 Å². The van der Waals surface area contributed by atoms with E-state index in [0.29, 0.717) is 13.0 Å². The van der Waals surface area contributed by atoms with E-state index in [-0.39, 0.29) is 11.8 Å². The van der Waals surface area contributed by atoms with Crippen molar-refractivity contribution in [3.8, 4) is 0 Å². The molecule has 1 atom stereocenters. The third-order valence-electron chi connectivity index (χ3n) is 3.35. The van der Waals surface area contributed by atoms with Gasteiger partial charge in [0.1, 0.15) is 0 Å². The molecular formula is C13H20N2O2S. The molecule has 0 bridgehead atoms. The van der Waals surface area contributed by atoms with Gasteiger partial charge in [-0.3, -0.25) is 4.31 Å². The molecule has 1 aliphatic rings. The van der Waals surface area contributed by atoms with Crippen LogP contribution in [0.4, 0.5) is 5.69 Å². The number of nitrogens with zero attached hydrogens (tertiary/aromatic N) is 1. The van der Waals surface area contributed by atoms with Crippen molar-refractivity contribution in [2.45, 2.75) is 25.8 Å². The first-order valence-electron chi connectivity index (χ1n) is 6.36.